The molecule has 142 valence electrons. The molecular weight excluding hydrogens is 340 g/mol. The fraction of sp³-hybridized carbons (Fsp3) is 0.364. The number of rotatable bonds is 5. The van der Waals surface area contributed by atoms with E-state index >= 15 is 0 Å². The zero-order valence-corrected chi connectivity index (χ0v) is 16.1. The van der Waals surface area contributed by atoms with Gasteiger partial charge in [-0.05, 0) is 43.5 Å². The highest BCUT2D eigenvalue weighted by molar-refractivity contribution is 6.01. The number of benzene rings is 2. The second kappa shape index (κ2) is 8.25. The van der Waals surface area contributed by atoms with Crippen LogP contribution in [0.5, 0.6) is 5.75 Å². The topological polar surface area (TPSA) is 49.9 Å². The Balaban J connectivity index is 1.69. The lowest BCUT2D eigenvalue weighted by Crippen LogP contribution is -2.57. The Morgan fingerprint density at radius 3 is 2.59 bits per heavy atom. The van der Waals surface area contributed by atoms with Gasteiger partial charge in [0.25, 0.3) is 0 Å². The first-order valence-electron chi connectivity index (χ1n) is 9.30. The first-order chi connectivity index (χ1) is 13.0. The van der Waals surface area contributed by atoms with Gasteiger partial charge in [0.05, 0.1) is 12.8 Å². The number of methoxy groups -OCH3 is 1. The van der Waals surface area contributed by atoms with E-state index in [4.69, 9.17) is 4.74 Å². The van der Waals surface area contributed by atoms with Crippen LogP contribution >= 0.6 is 0 Å². The van der Waals surface area contributed by atoms with Gasteiger partial charge in [-0.25, -0.2) is 0 Å². The van der Waals surface area contributed by atoms with E-state index in [1.165, 1.54) is 0 Å². The molecule has 0 aromatic heterocycles. The normalized spacial score (nSPS) is 17.1. The van der Waals surface area contributed by atoms with Crippen molar-refractivity contribution in [1.82, 2.24) is 4.90 Å². The summed E-state index contributed by atoms with van der Waals surface area (Å²) in [5.41, 5.74) is 2.96. The van der Waals surface area contributed by atoms with Crippen LogP contribution in [-0.2, 0) is 16.0 Å². The van der Waals surface area contributed by atoms with E-state index < -0.39 is 6.04 Å². The molecule has 0 spiro atoms. The van der Waals surface area contributed by atoms with Gasteiger partial charge < -0.3 is 14.5 Å². The van der Waals surface area contributed by atoms with Gasteiger partial charge in [-0.2, -0.15) is 0 Å². The smallest absolute Gasteiger partial charge is 0.249 e. The number of carbonyl (C=O) groups excluding carboxylic acids is 2. The summed E-state index contributed by atoms with van der Waals surface area (Å²) in [5.74, 6) is 0.624. The quantitative estimate of drug-likeness (QED) is 0.816. The number of ether oxygens (including phenoxy) is 1. The Kier molecular flexibility index (Phi) is 5.79. The van der Waals surface area contributed by atoms with Gasteiger partial charge >= 0.3 is 0 Å². The largest absolute Gasteiger partial charge is 0.495 e. The number of anilines is 1. The summed E-state index contributed by atoms with van der Waals surface area (Å²) in [6.45, 7) is 4.79. The SMILES string of the molecule is COc1ccc(C)cc1N1CCN(C(=O)CCc2ccccc2)C(C)C1=O. The molecule has 1 atom stereocenters. The van der Waals surface area contributed by atoms with Gasteiger partial charge in [0.15, 0.2) is 0 Å². The third-order valence-electron chi connectivity index (χ3n) is 5.07. The molecule has 0 aliphatic carbocycles. The lowest BCUT2D eigenvalue weighted by molar-refractivity contribution is -0.140. The predicted octanol–water partition coefficient (Wildman–Crippen LogP) is 3.20. The van der Waals surface area contributed by atoms with Crippen molar-refractivity contribution in [2.24, 2.45) is 0 Å². The molecule has 1 unspecified atom stereocenters. The highest BCUT2D eigenvalue weighted by Crippen LogP contribution is 2.31. The minimum absolute atomic E-state index is 0.0237. The Morgan fingerprint density at radius 2 is 1.89 bits per heavy atom. The van der Waals surface area contributed by atoms with Crippen LogP contribution in [0.1, 0.15) is 24.5 Å². The number of aryl methyl sites for hydroxylation is 2. The Hall–Kier alpha value is -2.82. The maximum Gasteiger partial charge on any atom is 0.249 e. The standard InChI is InChI=1S/C22H26N2O3/c1-16-9-11-20(27-3)19(15-16)24-14-13-23(17(2)22(24)26)21(25)12-10-18-7-5-4-6-8-18/h4-9,11,15,17H,10,12-14H2,1-3H3. The zero-order valence-electron chi connectivity index (χ0n) is 16.1. The average Bonchev–Trinajstić information content (AvgIpc) is 2.69. The predicted molar refractivity (Wildman–Crippen MR) is 106 cm³/mol. The van der Waals surface area contributed by atoms with E-state index in [2.05, 4.69) is 0 Å². The van der Waals surface area contributed by atoms with E-state index in [1.54, 1.807) is 23.8 Å². The molecule has 1 fully saturated rings. The zero-order chi connectivity index (χ0) is 19.4. The lowest BCUT2D eigenvalue weighted by Gasteiger charge is -2.39. The van der Waals surface area contributed by atoms with Gasteiger partial charge in [0, 0.05) is 19.5 Å². The number of hydrogen-bond acceptors (Lipinski definition) is 3. The Bertz CT molecular complexity index is 820. The van der Waals surface area contributed by atoms with Crippen molar-refractivity contribution in [2.45, 2.75) is 32.7 Å². The third-order valence-corrected chi connectivity index (χ3v) is 5.07. The molecule has 2 aromatic carbocycles. The molecule has 0 bridgehead atoms. The van der Waals surface area contributed by atoms with E-state index in [1.807, 2.05) is 55.5 Å². The minimum Gasteiger partial charge on any atom is -0.495 e. The number of hydrogen-bond donors (Lipinski definition) is 0. The Labute approximate surface area is 160 Å². The molecule has 3 rings (SSSR count). The molecule has 1 heterocycles. The summed E-state index contributed by atoms with van der Waals surface area (Å²) in [5, 5.41) is 0. The highest BCUT2D eigenvalue weighted by atomic mass is 16.5. The molecule has 1 aliphatic heterocycles. The van der Waals surface area contributed by atoms with Crippen molar-refractivity contribution < 1.29 is 14.3 Å². The van der Waals surface area contributed by atoms with Crippen LogP contribution in [0.15, 0.2) is 48.5 Å². The van der Waals surface area contributed by atoms with Crippen LogP contribution in [0.2, 0.25) is 0 Å². The molecule has 2 aromatic rings. The molecule has 0 N–H and O–H groups in total. The summed E-state index contributed by atoms with van der Waals surface area (Å²) in [6, 6.07) is 15.3. The summed E-state index contributed by atoms with van der Waals surface area (Å²) in [7, 11) is 1.60. The monoisotopic (exact) mass is 366 g/mol. The summed E-state index contributed by atoms with van der Waals surface area (Å²) >= 11 is 0. The van der Waals surface area contributed by atoms with Crippen molar-refractivity contribution in [3.05, 3.63) is 59.7 Å². The van der Waals surface area contributed by atoms with Gasteiger partial charge in [-0.1, -0.05) is 36.4 Å². The number of piperazine rings is 1. The maximum absolute atomic E-state index is 13.0. The highest BCUT2D eigenvalue weighted by Gasteiger charge is 2.35. The van der Waals surface area contributed by atoms with Crippen LogP contribution in [0.3, 0.4) is 0 Å². The number of amides is 2. The molecule has 5 nitrogen and oxygen atoms in total. The van der Waals surface area contributed by atoms with Crippen LogP contribution < -0.4 is 9.64 Å². The van der Waals surface area contributed by atoms with Crippen molar-refractivity contribution >= 4 is 17.5 Å². The van der Waals surface area contributed by atoms with Crippen LogP contribution in [0.25, 0.3) is 0 Å². The first-order valence-corrected chi connectivity index (χ1v) is 9.30. The summed E-state index contributed by atoms with van der Waals surface area (Å²) in [6.07, 6.45) is 1.10. The van der Waals surface area contributed by atoms with Crippen molar-refractivity contribution in [3.8, 4) is 5.75 Å². The van der Waals surface area contributed by atoms with Gasteiger partial charge in [0.2, 0.25) is 11.8 Å². The van der Waals surface area contributed by atoms with E-state index in [0.29, 0.717) is 31.7 Å². The van der Waals surface area contributed by atoms with Gasteiger partial charge in [-0.15, -0.1) is 0 Å². The van der Waals surface area contributed by atoms with Gasteiger partial charge in [0.1, 0.15) is 11.8 Å². The fourth-order valence-electron chi connectivity index (χ4n) is 3.50. The van der Waals surface area contributed by atoms with E-state index in [9.17, 15) is 9.59 Å². The summed E-state index contributed by atoms with van der Waals surface area (Å²) < 4.78 is 5.42. The second-order valence-corrected chi connectivity index (χ2v) is 6.91. The molecule has 27 heavy (non-hydrogen) atoms. The molecule has 1 aliphatic rings. The van der Waals surface area contributed by atoms with E-state index in [0.717, 1.165) is 16.8 Å². The van der Waals surface area contributed by atoms with Crippen molar-refractivity contribution in [3.63, 3.8) is 0 Å². The Morgan fingerprint density at radius 1 is 1.15 bits per heavy atom. The van der Waals surface area contributed by atoms with Gasteiger partial charge in [-0.3, -0.25) is 9.59 Å². The molecule has 1 saturated heterocycles. The lowest BCUT2D eigenvalue weighted by atomic mass is 10.1. The fourth-order valence-corrected chi connectivity index (χ4v) is 3.50. The van der Waals surface area contributed by atoms with Crippen LogP contribution in [-0.4, -0.2) is 43.0 Å². The van der Waals surface area contributed by atoms with Crippen molar-refractivity contribution in [1.29, 1.82) is 0 Å². The molecular formula is C22H26N2O3. The average molecular weight is 366 g/mol. The van der Waals surface area contributed by atoms with Crippen LogP contribution in [0.4, 0.5) is 5.69 Å². The second-order valence-electron chi connectivity index (χ2n) is 6.91. The molecule has 0 radical (unpaired) electrons. The number of nitrogens with zero attached hydrogens (tertiary/aromatic N) is 2. The van der Waals surface area contributed by atoms with E-state index in [-0.39, 0.29) is 11.8 Å². The third kappa shape index (κ3) is 4.13. The minimum atomic E-state index is -0.479. The van der Waals surface area contributed by atoms with Crippen molar-refractivity contribution in [2.75, 3.05) is 25.1 Å². The maximum atomic E-state index is 13.0. The van der Waals surface area contributed by atoms with Crippen LogP contribution in [0, 0.1) is 6.92 Å². The molecule has 2 amide bonds. The first kappa shape index (κ1) is 19.0. The molecule has 5 heteroatoms. The number of carbonyl (C=O) groups is 2. The molecule has 0 saturated carbocycles. The summed E-state index contributed by atoms with van der Waals surface area (Å²) in [4.78, 5) is 29.1.